The maximum absolute atomic E-state index is 12.6. The molecule has 0 aromatic rings. The number of nitrogens with zero attached hydrogens (tertiary/aromatic N) is 2. The summed E-state index contributed by atoms with van der Waals surface area (Å²) in [6.45, 7) is 1.92. The van der Waals surface area contributed by atoms with Gasteiger partial charge >= 0.3 is 6.08 Å². The Labute approximate surface area is 69.2 Å². The van der Waals surface area contributed by atoms with Gasteiger partial charge in [-0.1, -0.05) is 0 Å². The minimum Gasteiger partial charge on any atom is -0.341 e. The molecule has 1 aliphatic rings. The number of hydrogen-bond donors (Lipinski definition) is 0. The standard InChI is InChI=1S/C7H11F3N2/c1-11-2-4-12(5-3-11)7(10)6(8)9/h2-5H2,1H3. The second-order valence-electron chi connectivity index (χ2n) is 2.84. The van der Waals surface area contributed by atoms with Gasteiger partial charge < -0.3 is 9.80 Å². The Hall–Kier alpha value is -0.710. The molecule has 0 saturated carbocycles. The molecule has 0 aliphatic carbocycles. The molecule has 2 nitrogen and oxygen atoms in total. The molecule has 0 aromatic heterocycles. The van der Waals surface area contributed by atoms with Crippen LogP contribution in [0, 0.1) is 0 Å². The fourth-order valence-corrected chi connectivity index (χ4v) is 1.12. The summed E-state index contributed by atoms with van der Waals surface area (Å²) in [6.07, 6.45) is -2.22. The van der Waals surface area contributed by atoms with Crippen LogP contribution in [0.15, 0.2) is 12.0 Å². The molecule has 70 valence electrons. The van der Waals surface area contributed by atoms with E-state index in [-0.39, 0.29) is 0 Å². The lowest BCUT2D eigenvalue weighted by Gasteiger charge is -2.31. The summed E-state index contributed by atoms with van der Waals surface area (Å²) in [7, 11) is 1.88. The zero-order valence-electron chi connectivity index (χ0n) is 6.86. The van der Waals surface area contributed by atoms with E-state index in [1.54, 1.807) is 0 Å². The van der Waals surface area contributed by atoms with Crippen molar-refractivity contribution >= 4 is 0 Å². The molecule has 0 N–H and O–H groups in total. The fourth-order valence-electron chi connectivity index (χ4n) is 1.12. The smallest absolute Gasteiger partial charge is 0.322 e. The maximum atomic E-state index is 12.6. The van der Waals surface area contributed by atoms with E-state index >= 15 is 0 Å². The van der Waals surface area contributed by atoms with Crippen molar-refractivity contribution in [2.24, 2.45) is 0 Å². The second-order valence-corrected chi connectivity index (χ2v) is 2.84. The summed E-state index contributed by atoms with van der Waals surface area (Å²) in [5.41, 5.74) is 0. The van der Waals surface area contributed by atoms with E-state index in [0.717, 1.165) is 4.90 Å². The Morgan fingerprint density at radius 1 is 1.00 bits per heavy atom. The first-order chi connectivity index (χ1) is 5.61. The molecule has 1 fully saturated rings. The van der Waals surface area contributed by atoms with Crippen molar-refractivity contribution in [3.05, 3.63) is 12.0 Å². The van der Waals surface area contributed by atoms with Gasteiger partial charge in [0.1, 0.15) is 0 Å². The molecule has 0 amide bonds. The van der Waals surface area contributed by atoms with Crippen LogP contribution in [0.25, 0.3) is 0 Å². The van der Waals surface area contributed by atoms with Gasteiger partial charge in [-0.05, 0) is 7.05 Å². The second kappa shape index (κ2) is 3.80. The minimum atomic E-state index is -2.22. The molecule has 0 bridgehead atoms. The molecule has 0 atom stereocenters. The van der Waals surface area contributed by atoms with E-state index in [4.69, 9.17) is 0 Å². The van der Waals surface area contributed by atoms with Crippen molar-refractivity contribution in [1.82, 2.24) is 9.80 Å². The molecule has 0 radical (unpaired) electrons. The van der Waals surface area contributed by atoms with Crippen LogP contribution in [0.4, 0.5) is 13.2 Å². The Bertz CT molecular complexity index is 181. The Morgan fingerprint density at radius 2 is 1.50 bits per heavy atom. The third-order valence-corrected chi connectivity index (χ3v) is 1.94. The molecule has 1 saturated heterocycles. The number of halogens is 3. The van der Waals surface area contributed by atoms with E-state index < -0.39 is 12.0 Å². The molecule has 0 aromatic carbocycles. The maximum Gasteiger partial charge on any atom is 0.322 e. The zero-order valence-corrected chi connectivity index (χ0v) is 6.86. The third-order valence-electron chi connectivity index (χ3n) is 1.94. The number of likely N-dealkylation sites (N-methyl/N-ethyl adjacent to an activating group) is 1. The van der Waals surface area contributed by atoms with Gasteiger partial charge in [-0.25, -0.2) is 0 Å². The lowest BCUT2D eigenvalue weighted by Crippen LogP contribution is -2.43. The van der Waals surface area contributed by atoms with E-state index in [2.05, 4.69) is 0 Å². The predicted octanol–water partition coefficient (Wildman–Crippen LogP) is 1.27. The van der Waals surface area contributed by atoms with Gasteiger partial charge in [0, 0.05) is 26.2 Å². The van der Waals surface area contributed by atoms with E-state index in [0.29, 0.717) is 26.2 Å². The van der Waals surface area contributed by atoms with Gasteiger partial charge in [-0.2, -0.15) is 13.2 Å². The first-order valence-corrected chi connectivity index (χ1v) is 3.75. The van der Waals surface area contributed by atoms with Crippen LogP contribution in [0.5, 0.6) is 0 Å². The number of hydrogen-bond acceptors (Lipinski definition) is 2. The lowest BCUT2D eigenvalue weighted by atomic mass is 10.3. The average molecular weight is 180 g/mol. The van der Waals surface area contributed by atoms with Gasteiger partial charge in [-0.3, -0.25) is 0 Å². The molecular formula is C7H11F3N2. The summed E-state index contributed by atoms with van der Waals surface area (Å²) in [5, 5.41) is 0. The van der Waals surface area contributed by atoms with Crippen molar-refractivity contribution in [1.29, 1.82) is 0 Å². The van der Waals surface area contributed by atoms with Crippen molar-refractivity contribution in [2.45, 2.75) is 0 Å². The number of rotatable bonds is 1. The lowest BCUT2D eigenvalue weighted by molar-refractivity contribution is 0.144. The molecule has 1 rings (SSSR count). The van der Waals surface area contributed by atoms with E-state index in [1.807, 2.05) is 11.9 Å². The first-order valence-electron chi connectivity index (χ1n) is 3.75. The van der Waals surface area contributed by atoms with E-state index in [9.17, 15) is 13.2 Å². The summed E-state index contributed by atoms with van der Waals surface area (Å²) >= 11 is 0. The van der Waals surface area contributed by atoms with Gasteiger partial charge in [0.25, 0.3) is 5.95 Å². The Kier molecular flexibility index (Phi) is 2.97. The van der Waals surface area contributed by atoms with Crippen molar-refractivity contribution in [2.75, 3.05) is 33.2 Å². The van der Waals surface area contributed by atoms with Gasteiger partial charge in [-0.15, -0.1) is 0 Å². The topological polar surface area (TPSA) is 6.48 Å². The van der Waals surface area contributed by atoms with E-state index in [1.165, 1.54) is 0 Å². The Balaban J connectivity index is 2.50. The summed E-state index contributed by atoms with van der Waals surface area (Å²) in [6, 6.07) is 0. The van der Waals surface area contributed by atoms with Gasteiger partial charge in [0.15, 0.2) is 0 Å². The normalized spacial score (nSPS) is 19.5. The average Bonchev–Trinajstić information content (AvgIpc) is 2.04. The quantitative estimate of drug-likeness (QED) is 0.561. The SMILES string of the molecule is CN1CCN(C(F)=C(F)F)CC1. The third kappa shape index (κ3) is 2.14. The van der Waals surface area contributed by atoms with Gasteiger partial charge in [0.05, 0.1) is 0 Å². The van der Waals surface area contributed by atoms with Crippen molar-refractivity contribution in [3.8, 4) is 0 Å². The summed E-state index contributed by atoms with van der Waals surface area (Å²) in [4.78, 5) is 3.04. The first kappa shape index (κ1) is 9.38. The number of piperazine rings is 1. The molecule has 0 spiro atoms. The van der Waals surface area contributed by atoms with Crippen LogP contribution in [0.3, 0.4) is 0 Å². The molecular weight excluding hydrogens is 169 g/mol. The van der Waals surface area contributed by atoms with Crippen LogP contribution >= 0.6 is 0 Å². The van der Waals surface area contributed by atoms with Crippen molar-refractivity contribution in [3.63, 3.8) is 0 Å². The molecule has 1 aliphatic heterocycles. The molecule has 12 heavy (non-hydrogen) atoms. The molecule has 1 heterocycles. The fraction of sp³-hybridized carbons (Fsp3) is 0.714. The predicted molar refractivity (Wildman–Crippen MR) is 39.4 cm³/mol. The zero-order chi connectivity index (χ0) is 9.14. The van der Waals surface area contributed by atoms with Crippen molar-refractivity contribution < 1.29 is 13.2 Å². The largest absolute Gasteiger partial charge is 0.341 e. The Morgan fingerprint density at radius 3 is 1.92 bits per heavy atom. The highest BCUT2D eigenvalue weighted by atomic mass is 19.3. The van der Waals surface area contributed by atoms with Gasteiger partial charge in [0.2, 0.25) is 0 Å². The minimum absolute atomic E-state index is 0.333. The highest BCUT2D eigenvalue weighted by Crippen LogP contribution is 2.15. The highest BCUT2D eigenvalue weighted by molar-refractivity contribution is 4.93. The monoisotopic (exact) mass is 180 g/mol. The van der Waals surface area contributed by atoms with Crippen LogP contribution in [0.1, 0.15) is 0 Å². The van der Waals surface area contributed by atoms with Crippen LogP contribution in [-0.2, 0) is 0 Å². The summed E-state index contributed by atoms with van der Waals surface area (Å²) in [5.74, 6) is -1.37. The summed E-state index contributed by atoms with van der Waals surface area (Å²) < 4.78 is 36.1. The molecule has 0 unspecified atom stereocenters. The highest BCUT2D eigenvalue weighted by Gasteiger charge is 2.19. The van der Waals surface area contributed by atoms with Crippen LogP contribution < -0.4 is 0 Å². The van der Waals surface area contributed by atoms with Crippen LogP contribution in [0.2, 0.25) is 0 Å². The van der Waals surface area contributed by atoms with Crippen LogP contribution in [-0.4, -0.2) is 43.0 Å². The molecule has 5 heteroatoms.